The summed E-state index contributed by atoms with van der Waals surface area (Å²) in [6.07, 6.45) is 0.242. The van der Waals surface area contributed by atoms with Crippen molar-refractivity contribution < 1.29 is 19.7 Å². The first kappa shape index (κ1) is 14.4. The SMILES string of the molecule is BC(B)(O)NC(=O)c1cc(Br)cc2c1OC(CO)C2. The molecule has 5 nitrogen and oxygen atoms in total. The van der Waals surface area contributed by atoms with Crippen molar-refractivity contribution in [2.75, 3.05) is 6.61 Å². The first-order valence-corrected chi connectivity index (χ1v) is 6.74. The molecule has 0 radical (unpaired) electrons. The molecule has 2 rings (SSSR count). The maximum Gasteiger partial charge on any atom is 0.256 e. The van der Waals surface area contributed by atoms with Crippen LogP contribution in [-0.2, 0) is 6.42 Å². The smallest absolute Gasteiger partial charge is 0.256 e. The van der Waals surface area contributed by atoms with Gasteiger partial charge < -0.3 is 20.3 Å². The number of nitrogens with one attached hydrogen (secondary N) is 1. The number of carbonyl (C=O) groups excluding carboxylic acids is 1. The van der Waals surface area contributed by atoms with Crippen LogP contribution in [0, 0.1) is 0 Å². The van der Waals surface area contributed by atoms with Gasteiger partial charge in [-0.05, 0) is 17.7 Å². The Hall–Kier alpha value is -0.980. The Bertz CT molecular complexity index is 518. The molecule has 1 unspecified atom stereocenters. The standard InChI is InChI=1S/C11H14B2BrNO4/c12-11(13,18)15-10(17)8-3-6(14)1-5-2-7(4-16)19-9(5)8/h1,3,7,16,18H,2,4,12-13H2,(H,15,17). The third-order valence-corrected chi connectivity index (χ3v) is 3.19. The van der Waals surface area contributed by atoms with E-state index in [0.717, 1.165) is 10.0 Å². The molecule has 1 amide bonds. The van der Waals surface area contributed by atoms with Crippen molar-refractivity contribution >= 4 is 37.5 Å². The molecule has 0 saturated carbocycles. The van der Waals surface area contributed by atoms with Gasteiger partial charge >= 0.3 is 0 Å². The number of ether oxygens (including phenoxy) is 1. The summed E-state index contributed by atoms with van der Waals surface area (Å²) in [5.74, 6) is 0.0626. The number of benzene rings is 1. The first-order valence-electron chi connectivity index (χ1n) is 5.95. The molecule has 0 fully saturated rings. The molecule has 1 heterocycles. The van der Waals surface area contributed by atoms with Crippen LogP contribution in [-0.4, -0.2) is 50.0 Å². The number of fused-ring (bicyclic) bond motifs is 1. The lowest BCUT2D eigenvalue weighted by molar-refractivity contribution is 0.0831. The van der Waals surface area contributed by atoms with Gasteiger partial charge in [-0.15, -0.1) is 0 Å². The number of carbonyl (C=O) groups is 1. The number of aliphatic hydroxyl groups excluding tert-OH is 1. The zero-order valence-electron chi connectivity index (χ0n) is 10.7. The molecule has 1 aliphatic heterocycles. The highest BCUT2D eigenvalue weighted by Crippen LogP contribution is 2.35. The second kappa shape index (κ2) is 5.19. The summed E-state index contributed by atoms with van der Waals surface area (Å²) in [6.45, 7) is -0.0984. The van der Waals surface area contributed by atoms with Crippen molar-refractivity contribution in [1.29, 1.82) is 0 Å². The summed E-state index contributed by atoms with van der Waals surface area (Å²) in [5, 5.41) is 21.3. The van der Waals surface area contributed by atoms with Crippen LogP contribution in [0.15, 0.2) is 16.6 Å². The number of rotatable bonds is 3. The number of aliphatic hydroxyl groups is 2. The zero-order chi connectivity index (χ0) is 14.2. The van der Waals surface area contributed by atoms with Crippen molar-refractivity contribution in [1.82, 2.24) is 5.32 Å². The van der Waals surface area contributed by atoms with Gasteiger partial charge in [0.25, 0.3) is 5.91 Å². The lowest BCUT2D eigenvalue weighted by Crippen LogP contribution is -2.49. The molecule has 0 aromatic heterocycles. The molecule has 100 valence electrons. The minimum absolute atomic E-state index is 0.0984. The summed E-state index contributed by atoms with van der Waals surface area (Å²) in [6, 6.07) is 3.51. The summed E-state index contributed by atoms with van der Waals surface area (Å²) in [7, 11) is 2.97. The van der Waals surface area contributed by atoms with E-state index in [4.69, 9.17) is 9.84 Å². The largest absolute Gasteiger partial charge is 0.487 e. The van der Waals surface area contributed by atoms with E-state index in [-0.39, 0.29) is 12.7 Å². The lowest BCUT2D eigenvalue weighted by Gasteiger charge is -2.20. The highest BCUT2D eigenvalue weighted by atomic mass is 79.9. The number of hydrogen-bond acceptors (Lipinski definition) is 4. The van der Waals surface area contributed by atoms with Crippen LogP contribution in [0.1, 0.15) is 15.9 Å². The molecule has 1 aliphatic rings. The van der Waals surface area contributed by atoms with Crippen LogP contribution >= 0.6 is 15.9 Å². The van der Waals surface area contributed by atoms with Crippen molar-refractivity contribution in [3.63, 3.8) is 0 Å². The summed E-state index contributed by atoms with van der Waals surface area (Å²) in [4.78, 5) is 12.1. The Morgan fingerprint density at radius 1 is 1.58 bits per heavy atom. The molecule has 0 spiro atoms. The van der Waals surface area contributed by atoms with E-state index in [0.29, 0.717) is 17.7 Å². The molecule has 8 heteroatoms. The third-order valence-electron chi connectivity index (χ3n) is 2.73. The van der Waals surface area contributed by atoms with E-state index in [9.17, 15) is 9.90 Å². The summed E-state index contributed by atoms with van der Waals surface area (Å²) < 4.78 is 6.32. The Morgan fingerprint density at radius 2 is 2.26 bits per heavy atom. The molecular formula is C11H14B2BrNO4. The van der Waals surface area contributed by atoms with Crippen molar-refractivity contribution in [2.24, 2.45) is 0 Å². The van der Waals surface area contributed by atoms with Gasteiger partial charge in [0.05, 0.1) is 17.7 Å². The van der Waals surface area contributed by atoms with Gasteiger partial charge in [0, 0.05) is 10.9 Å². The minimum Gasteiger partial charge on any atom is -0.487 e. The summed E-state index contributed by atoms with van der Waals surface area (Å²) >= 11 is 3.34. The van der Waals surface area contributed by atoms with Crippen molar-refractivity contribution in [2.45, 2.75) is 18.0 Å². The van der Waals surface area contributed by atoms with Gasteiger partial charge in [0.15, 0.2) is 15.7 Å². The Morgan fingerprint density at radius 3 is 2.84 bits per heavy atom. The van der Waals surface area contributed by atoms with Crippen molar-refractivity contribution in [3.05, 3.63) is 27.7 Å². The topological polar surface area (TPSA) is 78.8 Å². The Balaban J connectivity index is 2.35. The van der Waals surface area contributed by atoms with Crippen molar-refractivity contribution in [3.8, 4) is 5.75 Å². The van der Waals surface area contributed by atoms with E-state index in [1.54, 1.807) is 6.07 Å². The third kappa shape index (κ3) is 3.32. The van der Waals surface area contributed by atoms with E-state index < -0.39 is 11.4 Å². The van der Waals surface area contributed by atoms with Crippen LogP contribution in [0.25, 0.3) is 0 Å². The van der Waals surface area contributed by atoms with Gasteiger partial charge in [-0.25, -0.2) is 0 Å². The fourth-order valence-electron chi connectivity index (χ4n) is 2.01. The second-order valence-corrected chi connectivity index (χ2v) is 6.00. The molecule has 1 atom stereocenters. The minimum atomic E-state index is -1.30. The van der Waals surface area contributed by atoms with E-state index >= 15 is 0 Å². The maximum absolute atomic E-state index is 12.1. The predicted octanol–water partition coefficient (Wildman–Crippen LogP) is -1.66. The normalized spacial score (nSPS) is 17.7. The quantitative estimate of drug-likeness (QED) is 0.459. The Labute approximate surface area is 121 Å². The van der Waals surface area contributed by atoms with Gasteiger partial charge in [0.2, 0.25) is 0 Å². The van der Waals surface area contributed by atoms with E-state index in [1.165, 1.54) is 15.7 Å². The average Bonchev–Trinajstić information content (AvgIpc) is 2.68. The fourth-order valence-corrected chi connectivity index (χ4v) is 2.52. The monoisotopic (exact) mass is 325 g/mol. The van der Waals surface area contributed by atoms with Crippen LogP contribution in [0.4, 0.5) is 0 Å². The highest BCUT2D eigenvalue weighted by Gasteiger charge is 2.29. The number of amides is 1. The van der Waals surface area contributed by atoms with Crippen LogP contribution in [0.3, 0.4) is 0 Å². The first-order chi connectivity index (χ1) is 8.80. The van der Waals surface area contributed by atoms with E-state index in [2.05, 4.69) is 21.2 Å². The molecule has 0 aliphatic carbocycles. The second-order valence-electron chi connectivity index (χ2n) is 5.08. The van der Waals surface area contributed by atoms with Crippen LogP contribution in [0.2, 0.25) is 0 Å². The van der Waals surface area contributed by atoms with Crippen LogP contribution < -0.4 is 10.1 Å². The van der Waals surface area contributed by atoms with Gasteiger partial charge in [0.1, 0.15) is 11.9 Å². The average molecular weight is 326 g/mol. The molecule has 19 heavy (non-hydrogen) atoms. The molecule has 1 aromatic carbocycles. The molecule has 0 bridgehead atoms. The van der Waals surface area contributed by atoms with Gasteiger partial charge in [-0.2, -0.15) is 0 Å². The lowest BCUT2D eigenvalue weighted by atomic mass is 9.73. The maximum atomic E-state index is 12.1. The number of halogens is 1. The number of hydrogen-bond donors (Lipinski definition) is 3. The van der Waals surface area contributed by atoms with E-state index in [1.807, 2.05) is 6.07 Å². The Kier molecular flexibility index (Phi) is 3.94. The zero-order valence-corrected chi connectivity index (χ0v) is 12.3. The fraction of sp³-hybridized carbons (Fsp3) is 0.364. The summed E-state index contributed by atoms with van der Waals surface area (Å²) in [5.41, 5.74) is -0.0851. The highest BCUT2D eigenvalue weighted by molar-refractivity contribution is 9.10. The van der Waals surface area contributed by atoms with Gasteiger partial charge in [-0.1, -0.05) is 15.9 Å². The van der Waals surface area contributed by atoms with Crippen LogP contribution in [0.5, 0.6) is 5.75 Å². The molecular weight excluding hydrogens is 312 g/mol. The molecule has 0 saturated heterocycles. The molecule has 3 N–H and O–H groups in total. The van der Waals surface area contributed by atoms with Gasteiger partial charge in [-0.3, -0.25) is 4.79 Å². The molecule has 1 aromatic rings. The predicted molar refractivity (Wildman–Crippen MR) is 78.9 cm³/mol.